The van der Waals surface area contributed by atoms with Gasteiger partial charge >= 0.3 is 0 Å². The molecule has 0 aliphatic heterocycles. The molecular formula is C22H24N4O. The Morgan fingerprint density at radius 2 is 1.96 bits per heavy atom. The largest absolute Gasteiger partial charge is 0.361 e. The van der Waals surface area contributed by atoms with Crippen LogP contribution in [0.15, 0.2) is 54.7 Å². The van der Waals surface area contributed by atoms with Crippen molar-refractivity contribution in [3.8, 4) is 0 Å². The van der Waals surface area contributed by atoms with Gasteiger partial charge in [0.2, 0.25) is 5.91 Å². The summed E-state index contributed by atoms with van der Waals surface area (Å²) in [6, 6.07) is 16.4. The van der Waals surface area contributed by atoms with E-state index in [0.29, 0.717) is 13.0 Å². The topological polar surface area (TPSA) is 62.7 Å². The lowest BCUT2D eigenvalue weighted by molar-refractivity contribution is -0.121. The fraction of sp³-hybridized carbons (Fsp3) is 0.273. The summed E-state index contributed by atoms with van der Waals surface area (Å²) in [5.41, 5.74) is 4.50. The van der Waals surface area contributed by atoms with Crippen molar-refractivity contribution in [3.63, 3.8) is 0 Å². The maximum absolute atomic E-state index is 12.2. The van der Waals surface area contributed by atoms with Crippen molar-refractivity contribution >= 4 is 27.8 Å². The highest BCUT2D eigenvalue weighted by Crippen LogP contribution is 2.19. The highest BCUT2D eigenvalue weighted by molar-refractivity contribution is 5.84. The molecule has 4 aromatic rings. The molecule has 0 bridgehead atoms. The zero-order valence-electron chi connectivity index (χ0n) is 15.5. The Balaban J connectivity index is 1.25. The van der Waals surface area contributed by atoms with E-state index in [0.717, 1.165) is 41.8 Å². The molecule has 0 saturated carbocycles. The van der Waals surface area contributed by atoms with Crippen molar-refractivity contribution < 1.29 is 4.79 Å². The molecule has 0 atom stereocenters. The van der Waals surface area contributed by atoms with E-state index < -0.39 is 0 Å². The smallest absolute Gasteiger partial charge is 0.220 e. The van der Waals surface area contributed by atoms with E-state index in [2.05, 4.69) is 38.1 Å². The van der Waals surface area contributed by atoms with Crippen LogP contribution in [-0.2, 0) is 17.8 Å². The molecule has 0 aliphatic rings. The first-order chi connectivity index (χ1) is 13.2. The molecule has 5 heteroatoms. The van der Waals surface area contributed by atoms with Crippen LogP contribution in [0.4, 0.5) is 0 Å². The van der Waals surface area contributed by atoms with Gasteiger partial charge in [-0.25, -0.2) is 4.98 Å². The SMILES string of the molecule is Cc1nc2ccccc2n1CCCNC(=O)CCc1c[nH]c2ccccc12. The van der Waals surface area contributed by atoms with Crippen molar-refractivity contribution in [1.29, 1.82) is 0 Å². The van der Waals surface area contributed by atoms with Crippen molar-refractivity contribution in [2.75, 3.05) is 6.54 Å². The summed E-state index contributed by atoms with van der Waals surface area (Å²) in [5, 5.41) is 4.24. The number of amides is 1. The third kappa shape index (κ3) is 3.72. The Morgan fingerprint density at radius 1 is 1.15 bits per heavy atom. The van der Waals surface area contributed by atoms with E-state index in [4.69, 9.17) is 0 Å². The Morgan fingerprint density at radius 3 is 2.89 bits per heavy atom. The van der Waals surface area contributed by atoms with Crippen LogP contribution in [0.25, 0.3) is 21.9 Å². The van der Waals surface area contributed by atoms with Crippen LogP contribution >= 0.6 is 0 Å². The number of carbonyl (C=O) groups is 1. The lowest BCUT2D eigenvalue weighted by atomic mass is 10.1. The van der Waals surface area contributed by atoms with Gasteiger partial charge in [-0.3, -0.25) is 4.79 Å². The van der Waals surface area contributed by atoms with Gasteiger partial charge in [-0.1, -0.05) is 30.3 Å². The molecule has 0 fully saturated rings. The first-order valence-electron chi connectivity index (χ1n) is 9.46. The molecule has 4 rings (SSSR count). The van der Waals surface area contributed by atoms with Gasteiger partial charge in [0.05, 0.1) is 11.0 Å². The molecule has 0 unspecified atom stereocenters. The van der Waals surface area contributed by atoms with Crippen molar-refractivity contribution in [2.24, 2.45) is 0 Å². The molecule has 2 heterocycles. The minimum atomic E-state index is 0.104. The standard InChI is InChI=1S/C22H24N4O/c1-16-25-20-9-4-5-10-21(20)26(16)14-6-13-23-22(27)12-11-17-15-24-19-8-3-2-7-18(17)19/h2-5,7-10,15,24H,6,11-14H2,1H3,(H,23,27). The lowest BCUT2D eigenvalue weighted by Crippen LogP contribution is -2.25. The average molecular weight is 360 g/mol. The number of aryl methyl sites for hydroxylation is 3. The molecule has 1 amide bonds. The maximum Gasteiger partial charge on any atom is 0.220 e. The molecule has 27 heavy (non-hydrogen) atoms. The minimum Gasteiger partial charge on any atom is -0.361 e. The molecule has 2 N–H and O–H groups in total. The van der Waals surface area contributed by atoms with Crippen LogP contribution in [0.5, 0.6) is 0 Å². The number of fused-ring (bicyclic) bond motifs is 2. The summed E-state index contributed by atoms with van der Waals surface area (Å²) in [5.74, 6) is 1.12. The van der Waals surface area contributed by atoms with Crippen LogP contribution in [-0.4, -0.2) is 27.0 Å². The van der Waals surface area contributed by atoms with E-state index in [9.17, 15) is 4.79 Å². The summed E-state index contributed by atoms with van der Waals surface area (Å²) in [4.78, 5) is 20.0. The number of benzene rings is 2. The van der Waals surface area contributed by atoms with Gasteiger partial charge in [-0.05, 0) is 43.5 Å². The zero-order chi connectivity index (χ0) is 18.6. The highest BCUT2D eigenvalue weighted by Gasteiger charge is 2.08. The number of nitrogens with zero attached hydrogens (tertiary/aromatic N) is 2. The van der Waals surface area contributed by atoms with Crippen molar-refractivity contribution in [1.82, 2.24) is 19.9 Å². The maximum atomic E-state index is 12.2. The van der Waals surface area contributed by atoms with E-state index >= 15 is 0 Å². The van der Waals surface area contributed by atoms with Gasteiger partial charge < -0.3 is 14.9 Å². The number of para-hydroxylation sites is 3. The summed E-state index contributed by atoms with van der Waals surface area (Å²) in [6.45, 7) is 3.56. The highest BCUT2D eigenvalue weighted by atomic mass is 16.1. The normalized spacial score (nSPS) is 11.3. The van der Waals surface area contributed by atoms with E-state index in [1.807, 2.05) is 43.5 Å². The molecule has 5 nitrogen and oxygen atoms in total. The number of hydrogen-bond donors (Lipinski definition) is 2. The van der Waals surface area contributed by atoms with Crippen LogP contribution in [0.3, 0.4) is 0 Å². The minimum absolute atomic E-state index is 0.104. The quantitative estimate of drug-likeness (QED) is 0.490. The fourth-order valence-corrected chi connectivity index (χ4v) is 3.62. The van der Waals surface area contributed by atoms with Gasteiger partial charge in [0.25, 0.3) is 0 Å². The second-order valence-electron chi connectivity index (χ2n) is 6.86. The molecule has 0 saturated heterocycles. The van der Waals surface area contributed by atoms with Crippen molar-refractivity contribution in [3.05, 3.63) is 66.1 Å². The first kappa shape index (κ1) is 17.3. The molecule has 2 aromatic carbocycles. The van der Waals surface area contributed by atoms with Crippen LogP contribution < -0.4 is 5.32 Å². The van der Waals surface area contributed by atoms with E-state index in [1.165, 1.54) is 10.9 Å². The van der Waals surface area contributed by atoms with Gasteiger partial charge in [0.1, 0.15) is 5.82 Å². The summed E-state index contributed by atoms with van der Waals surface area (Å²) in [7, 11) is 0. The molecule has 0 spiro atoms. The monoisotopic (exact) mass is 360 g/mol. The van der Waals surface area contributed by atoms with Gasteiger partial charge in [-0.15, -0.1) is 0 Å². The zero-order valence-corrected chi connectivity index (χ0v) is 15.5. The van der Waals surface area contributed by atoms with Crippen LogP contribution in [0, 0.1) is 6.92 Å². The van der Waals surface area contributed by atoms with Crippen molar-refractivity contribution in [2.45, 2.75) is 32.7 Å². The van der Waals surface area contributed by atoms with E-state index in [1.54, 1.807) is 0 Å². The number of imidazole rings is 1. The van der Waals surface area contributed by atoms with Gasteiger partial charge in [0, 0.05) is 36.6 Å². The third-order valence-corrected chi connectivity index (χ3v) is 5.02. The fourth-order valence-electron chi connectivity index (χ4n) is 3.62. The number of hydrogen-bond acceptors (Lipinski definition) is 2. The Kier molecular flexibility index (Phi) is 4.92. The molecule has 0 radical (unpaired) electrons. The Hall–Kier alpha value is -3.08. The summed E-state index contributed by atoms with van der Waals surface area (Å²) >= 11 is 0. The average Bonchev–Trinajstić information content (AvgIpc) is 3.24. The first-order valence-corrected chi connectivity index (χ1v) is 9.46. The third-order valence-electron chi connectivity index (χ3n) is 5.02. The van der Waals surface area contributed by atoms with E-state index in [-0.39, 0.29) is 5.91 Å². The Labute approximate surface area is 158 Å². The molecule has 0 aliphatic carbocycles. The predicted molar refractivity (Wildman–Crippen MR) is 109 cm³/mol. The van der Waals surface area contributed by atoms with Crippen LogP contribution in [0.2, 0.25) is 0 Å². The van der Waals surface area contributed by atoms with Crippen LogP contribution in [0.1, 0.15) is 24.2 Å². The molecule has 2 aromatic heterocycles. The van der Waals surface area contributed by atoms with Gasteiger partial charge in [-0.2, -0.15) is 0 Å². The lowest BCUT2D eigenvalue weighted by Gasteiger charge is -2.08. The number of carbonyl (C=O) groups excluding carboxylic acids is 1. The van der Waals surface area contributed by atoms with Gasteiger partial charge in [0.15, 0.2) is 0 Å². The second kappa shape index (κ2) is 7.66. The molecular weight excluding hydrogens is 336 g/mol. The number of aromatic amines is 1. The summed E-state index contributed by atoms with van der Waals surface area (Å²) < 4.78 is 2.22. The summed E-state index contributed by atoms with van der Waals surface area (Å²) in [6.07, 6.45) is 4.15. The number of H-pyrrole nitrogens is 1. The predicted octanol–water partition coefficient (Wildman–Crippen LogP) is 3.97. The Bertz CT molecular complexity index is 1080. The second-order valence-corrected chi connectivity index (χ2v) is 6.86. The number of aromatic nitrogens is 3. The number of rotatable bonds is 7. The number of nitrogens with one attached hydrogen (secondary N) is 2. The molecule has 138 valence electrons.